The smallest absolute Gasteiger partial charge is 0.294 e. The standard InChI is InChI=1S/C13H12F2N2O3S/c14-10-5-3-7-17-12(10)13(15,8-16)9-4-1-2-6-11(9)21(18,19)20/h1-7H,8,16H2,(H,18,19,20)/t13-/m1/s1. The summed E-state index contributed by atoms with van der Waals surface area (Å²) in [5, 5.41) is 0. The molecule has 0 aliphatic heterocycles. The van der Waals surface area contributed by atoms with E-state index in [0.717, 1.165) is 18.2 Å². The monoisotopic (exact) mass is 314 g/mol. The number of nitrogens with two attached hydrogens (primary N) is 1. The summed E-state index contributed by atoms with van der Waals surface area (Å²) in [6.07, 6.45) is 1.17. The van der Waals surface area contributed by atoms with Crippen LogP contribution in [0, 0.1) is 5.82 Å². The number of benzene rings is 1. The summed E-state index contributed by atoms with van der Waals surface area (Å²) in [7, 11) is -4.69. The Kier molecular flexibility index (Phi) is 4.04. The molecule has 0 spiro atoms. The van der Waals surface area contributed by atoms with E-state index < -0.39 is 44.3 Å². The maximum atomic E-state index is 15.2. The van der Waals surface area contributed by atoms with Gasteiger partial charge in [0.15, 0.2) is 5.67 Å². The molecule has 1 aromatic heterocycles. The van der Waals surface area contributed by atoms with Gasteiger partial charge in [0.1, 0.15) is 16.4 Å². The van der Waals surface area contributed by atoms with E-state index in [2.05, 4.69) is 4.98 Å². The Balaban J connectivity index is 2.76. The van der Waals surface area contributed by atoms with Gasteiger partial charge >= 0.3 is 0 Å². The van der Waals surface area contributed by atoms with Crippen LogP contribution in [0.3, 0.4) is 0 Å². The summed E-state index contributed by atoms with van der Waals surface area (Å²) in [4.78, 5) is 2.94. The predicted octanol–water partition coefficient (Wildman–Crippen LogP) is 1.64. The molecule has 3 N–H and O–H groups in total. The molecule has 21 heavy (non-hydrogen) atoms. The normalized spacial score (nSPS) is 14.7. The molecule has 0 saturated heterocycles. The molecule has 0 saturated carbocycles. The first-order valence-electron chi connectivity index (χ1n) is 5.87. The fourth-order valence-corrected chi connectivity index (χ4v) is 2.79. The van der Waals surface area contributed by atoms with E-state index >= 15 is 4.39 Å². The lowest BCUT2D eigenvalue weighted by Gasteiger charge is -2.25. The number of pyridine rings is 1. The van der Waals surface area contributed by atoms with Crippen LogP contribution in [-0.4, -0.2) is 24.5 Å². The Bertz CT molecular complexity index is 768. The Morgan fingerprint density at radius 1 is 1.24 bits per heavy atom. The van der Waals surface area contributed by atoms with Crippen LogP contribution >= 0.6 is 0 Å². The zero-order valence-electron chi connectivity index (χ0n) is 10.7. The molecular weight excluding hydrogens is 302 g/mol. The number of hydrogen-bond acceptors (Lipinski definition) is 4. The fraction of sp³-hybridized carbons (Fsp3) is 0.154. The highest BCUT2D eigenvalue weighted by atomic mass is 32.2. The van der Waals surface area contributed by atoms with E-state index in [0.29, 0.717) is 0 Å². The van der Waals surface area contributed by atoms with Crippen LogP contribution in [0.4, 0.5) is 8.78 Å². The largest absolute Gasteiger partial charge is 0.327 e. The van der Waals surface area contributed by atoms with Crippen molar-refractivity contribution in [3.63, 3.8) is 0 Å². The Morgan fingerprint density at radius 2 is 1.90 bits per heavy atom. The van der Waals surface area contributed by atoms with Crippen LogP contribution < -0.4 is 5.73 Å². The van der Waals surface area contributed by atoms with Crippen molar-refractivity contribution in [2.45, 2.75) is 10.6 Å². The van der Waals surface area contributed by atoms with Gasteiger partial charge in [-0.15, -0.1) is 0 Å². The highest BCUT2D eigenvalue weighted by Crippen LogP contribution is 2.36. The first-order valence-corrected chi connectivity index (χ1v) is 7.31. The van der Waals surface area contributed by atoms with Crippen LogP contribution in [0.2, 0.25) is 0 Å². The number of aromatic nitrogens is 1. The molecule has 1 heterocycles. The van der Waals surface area contributed by atoms with E-state index in [1.54, 1.807) is 0 Å². The van der Waals surface area contributed by atoms with Crippen molar-refractivity contribution in [1.82, 2.24) is 4.98 Å². The fourth-order valence-electron chi connectivity index (χ4n) is 2.03. The summed E-state index contributed by atoms with van der Waals surface area (Å²) in [6, 6.07) is 7.04. The van der Waals surface area contributed by atoms with Crippen molar-refractivity contribution < 1.29 is 21.8 Å². The molecule has 0 amide bonds. The van der Waals surface area contributed by atoms with Crippen molar-refractivity contribution in [3.8, 4) is 0 Å². The van der Waals surface area contributed by atoms with Crippen LogP contribution in [0.15, 0.2) is 47.5 Å². The second kappa shape index (κ2) is 5.47. The van der Waals surface area contributed by atoms with Gasteiger partial charge in [-0.25, -0.2) is 8.78 Å². The molecule has 0 bridgehead atoms. The van der Waals surface area contributed by atoms with Gasteiger partial charge in [-0.1, -0.05) is 18.2 Å². The first-order chi connectivity index (χ1) is 9.80. The molecule has 5 nitrogen and oxygen atoms in total. The highest BCUT2D eigenvalue weighted by molar-refractivity contribution is 7.85. The van der Waals surface area contributed by atoms with Gasteiger partial charge in [0.05, 0.1) is 0 Å². The lowest BCUT2D eigenvalue weighted by molar-refractivity contribution is 0.212. The highest BCUT2D eigenvalue weighted by Gasteiger charge is 2.40. The van der Waals surface area contributed by atoms with Crippen molar-refractivity contribution in [2.75, 3.05) is 6.54 Å². The van der Waals surface area contributed by atoms with Gasteiger partial charge in [-0.2, -0.15) is 8.42 Å². The molecule has 0 radical (unpaired) electrons. The molecule has 1 aromatic carbocycles. The van der Waals surface area contributed by atoms with Gasteiger partial charge in [0, 0.05) is 18.3 Å². The third-order valence-corrected chi connectivity index (χ3v) is 3.92. The van der Waals surface area contributed by atoms with Gasteiger partial charge in [-0.05, 0) is 18.2 Å². The molecular formula is C13H12F2N2O3S. The molecule has 2 aromatic rings. The second-order valence-corrected chi connectivity index (χ2v) is 5.70. The maximum absolute atomic E-state index is 15.2. The van der Waals surface area contributed by atoms with E-state index in [1.807, 2.05) is 0 Å². The molecule has 2 rings (SSSR count). The average Bonchev–Trinajstić information content (AvgIpc) is 2.46. The lowest BCUT2D eigenvalue weighted by atomic mass is 9.91. The first kappa shape index (κ1) is 15.5. The van der Waals surface area contributed by atoms with Gasteiger partial charge in [0.25, 0.3) is 10.1 Å². The summed E-state index contributed by atoms with van der Waals surface area (Å²) < 4.78 is 61.0. The minimum Gasteiger partial charge on any atom is -0.327 e. The Hall–Kier alpha value is -1.90. The van der Waals surface area contributed by atoms with Gasteiger partial charge < -0.3 is 5.73 Å². The van der Waals surface area contributed by atoms with E-state index in [9.17, 15) is 17.4 Å². The number of nitrogens with zero attached hydrogens (tertiary/aromatic N) is 1. The number of alkyl halides is 1. The lowest BCUT2D eigenvalue weighted by Crippen LogP contribution is -2.35. The summed E-state index contributed by atoms with van der Waals surface area (Å²) in [5.74, 6) is -0.962. The number of halogens is 2. The van der Waals surface area contributed by atoms with Crippen LogP contribution in [0.5, 0.6) is 0 Å². The quantitative estimate of drug-likeness (QED) is 0.837. The molecule has 8 heteroatoms. The molecule has 112 valence electrons. The molecule has 0 fully saturated rings. The maximum Gasteiger partial charge on any atom is 0.294 e. The molecule has 1 atom stereocenters. The number of rotatable bonds is 4. The zero-order chi connectivity index (χ0) is 15.7. The van der Waals surface area contributed by atoms with Crippen molar-refractivity contribution in [2.24, 2.45) is 5.73 Å². The summed E-state index contributed by atoms with van der Waals surface area (Å²) >= 11 is 0. The SMILES string of the molecule is NC[C@@](F)(c1ccccc1S(=O)(=O)O)c1ncccc1F. The third kappa shape index (κ3) is 2.78. The van der Waals surface area contributed by atoms with Gasteiger partial charge in [0.2, 0.25) is 0 Å². The third-order valence-electron chi connectivity index (χ3n) is 3.01. The topological polar surface area (TPSA) is 93.3 Å². The zero-order valence-corrected chi connectivity index (χ0v) is 11.5. The van der Waals surface area contributed by atoms with Crippen LogP contribution in [0.25, 0.3) is 0 Å². The van der Waals surface area contributed by atoms with E-state index in [4.69, 9.17) is 5.73 Å². The van der Waals surface area contributed by atoms with E-state index in [-0.39, 0.29) is 0 Å². The average molecular weight is 314 g/mol. The minimum absolute atomic E-state index is 0.465. The van der Waals surface area contributed by atoms with E-state index in [1.165, 1.54) is 24.4 Å². The summed E-state index contributed by atoms with van der Waals surface area (Å²) in [5.41, 5.74) is 1.61. The van der Waals surface area contributed by atoms with Crippen molar-refractivity contribution in [3.05, 3.63) is 59.7 Å². The van der Waals surface area contributed by atoms with Crippen molar-refractivity contribution in [1.29, 1.82) is 0 Å². The Morgan fingerprint density at radius 3 is 2.48 bits per heavy atom. The molecule has 0 unspecified atom stereocenters. The minimum atomic E-state index is -4.69. The van der Waals surface area contributed by atoms with Crippen LogP contribution in [0.1, 0.15) is 11.3 Å². The Labute approximate surface area is 120 Å². The molecule has 0 aliphatic rings. The van der Waals surface area contributed by atoms with Crippen molar-refractivity contribution >= 4 is 10.1 Å². The van der Waals surface area contributed by atoms with Crippen LogP contribution in [-0.2, 0) is 15.8 Å². The summed E-state index contributed by atoms with van der Waals surface area (Å²) in [6.45, 7) is -0.743. The predicted molar refractivity (Wildman–Crippen MR) is 71.4 cm³/mol. The second-order valence-electron chi connectivity index (χ2n) is 4.31. The molecule has 0 aliphatic carbocycles. The number of hydrogen-bond donors (Lipinski definition) is 2. The van der Waals surface area contributed by atoms with Gasteiger partial charge in [-0.3, -0.25) is 9.54 Å².